The van der Waals surface area contributed by atoms with E-state index in [1.165, 1.54) is 32.6 Å². The van der Waals surface area contributed by atoms with Gasteiger partial charge >= 0.3 is 0 Å². The summed E-state index contributed by atoms with van der Waals surface area (Å²) in [5, 5.41) is 3.50. The molecule has 0 N–H and O–H groups in total. The molecule has 0 spiro atoms. The van der Waals surface area contributed by atoms with Gasteiger partial charge in [0.05, 0.1) is 0 Å². The van der Waals surface area contributed by atoms with Gasteiger partial charge in [-0.1, -0.05) is 109 Å². The van der Waals surface area contributed by atoms with Crippen LogP contribution in [-0.4, -0.2) is 4.21 Å². The monoisotopic (exact) mass is 611 g/mol. The number of nitrogens with zero attached hydrogens (tertiary/aromatic N) is 1. The van der Waals surface area contributed by atoms with Crippen molar-refractivity contribution >= 4 is 40.8 Å². The molecule has 0 aliphatic carbocycles. The van der Waals surface area contributed by atoms with Crippen molar-refractivity contribution in [2.75, 3.05) is 0 Å². The fourth-order valence-corrected chi connectivity index (χ4v) is 14.1. The lowest BCUT2D eigenvalue weighted by Crippen LogP contribution is -2.33. The van der Waals surface area contributed by atoms with Gasteiger partial charge in [-0.05, 0) is 53.1 Å². The maximum absolute atomic E-state index is 7.10. The fourth-order valence-electron chi connectivity index (χ4n) is 5.96. The fraction of sp³-hybridized carbons (Fsp3) is 0. The van der Waals surface area contributed by atoms with E-state index >= 15 is 0 Å². The molecule has 9 rings (SSSR count). The predicted molar refractivity (Wildman–Crippen MR) is 179 cm³/mol. The molecule has 0 radical (unpaired) electrons. The summed E-state index contributed by atoms with van der Waals surface area (Å²) in [5.41, 5.74) is 6.93. The molecule has 0 saturated carbocycles. The minimum atomic E-state index is -1.37. The van der Waals surface area contributed by atoms with Crippen LogP contribution in [0.5, 0.6) is 17.2 Å². The van der Waals surface area contributed by atoms with Crippen molar-refractivity contribution in [1.29, 1.82) is 0 Å². The number of para-hydroxylation sites is 3. The summed E-state index contributed by atoms with van der Waals surface area (Å²) >= 11 is 0. The van der Waals surface area contributed by atoms with Gasteiger partial charge in [-0.15, -0.1) is 4.21 Å². The van der Waals surface area contributed by atoms with Crippen LogP contribution in [0.2, 0.25) is 0 Å². The maximum atomic E-state index is 7.10. The third kappa shape index (κ3) is 4.06. The molecule has 4 nitrogen and oxygen atoms in total. The van der Waals surface area contributed by atoms with Gasteiger partial charge in [0, 0.05) is 32.6 Å². The van der Waals surface area contributed by atoms with E-state index in [1.807, 2.05) is 18.2 Å². The molecule has 0 amide bonds. The minimum absolute atomic E-state index is 0.888. The van der Waals surface area contributed by atoms with E-state index in [0.29, 0.717) is 0 Å². The molecule has 6 aromatic carbocycles. The molecule has 0 aromatic heterocycles. The van der Waals surface area contributed by atoms with Gasteiger partial charge in [0.1, 0.15) is 17.2 Å². The first-order valence-corrected chi connectivity index (χ1v) is 17.8. The Morgan fingerprint density at radius 3 is 0.884 bits per heavy atom. The van der Waals surface area contributed by atoms with E-state index in [9.17, 15) is 0 Å². The molecular formula is C36H24NO3P3. The number of benzene rings is 6. The van der Waals surface area contributed by atoms with Crippen LogP contribution in [0.15, 0.2) is 146 Å². The zero-order valence-electron chi connectivity index (χ0n) is 22.9. The lowest BCUT2D eigenvalue weighted by atomic mass is 10.0. The second-order valence-corrected chi connectivity index (χ2v) is 16.2. The summed E-state index contributed by atoms with van der Waals surface area (Å²) in [6.45, 7) is 0. The molecule has 43 heavy (non-hydrogen) atoms. The Labute approximate surface area is 254 Å². The van der Waals surface area contributed by atoms with Crippen LogP contribution in [0.1, 0.15) is 0 Å². The second kappa shape index (κ2) is 10.3. The molecule has 3 atom stereocenters. The molecule has 0 fully saturated rings. The first-order chi connectivity index (χ1) is 21.3. The molecular weight excluding hydrogens is 587 g/mol. The first kappa shape index (κ1) is 25.5. The third-order valence-electron chi connectivity index (χ3n) is 7.90. The van der Waals surface area contributed by atoms with Gasteiger partial charge in [0.15, 0.2) is 0 Å². The van der Waals surface area contributed by atoms with Gasteiger partial charge < -0.3 is 13.6 Å². The minimum Gasteiger partial charge on any atom is -0.452 e. The van der Waals surface area contributed by atoms with Gasteiger partial charge in [0.25, 0.3) is 0 Å². The van der Waals surface area contributed by atoms with Crippen molar-refractivity contribution < 1.29 is 13.6 Å². The van der Waals surface area contributed by atoms with Gasteiger partial charge in [0.2, 0.25) is 24.9 Å². The van der Waals surface area contributed by atoms with Crippen LogP contribution >= 0.6 is 24.9 Å². The lowest BCUT2D eigenvalue weighted by Gasteiger charge is -2.44. The molecule has 3 aliphatic heterocycles. The molecule has 0 saturated heterocycles. The predicted octanol–water partition coefficient (Wildman–Crippen LogP) is 9.38. The van der Waals surface area contributed by atoms with Crippen LogP contribution < -0.4 is 29.5 Å². The van der Waals surface area contributed by atoms with E-state index in [2.05, 4.69) is 132 Å². The Kier molecular flexibility index (Phi) is 6.10. The average molecular weight is 612 g/mol. The molecule has 6 aromatic rings. The van der Waals surface area contributed by atoms with Crippen molar-refractivity contribution in [2.24, 2.45) is 0 Å². The van der Waals surface area contributed by atoms with Crippen molar-refractivity contribution in [3.05, 3.63) is 146 Å². The number of fused-ring (bicyclic) bond motifs is 9. The number of hydrogen-bond acceptors (Lipinski definition) is 4. The first-order valence-electron chi connectivity index (χ1n) is 14.1. The Bertz CT molecular complexity index is 1800. The van der Waals surface area contributed by atoms with Crippen LogP contribution in [0.3, 0.4) is 0 Å². The molecule has 0 bridgehead atoms. The van der Waals surface area contributed by atoms with Crippen molar-refractivity contribution in [3.63, 3.8) is 0 Å². The Morgan fingerprint density at radius 1 is 0.302 bits per heavy atom. The van der Waals surface area contributed by atoms with E-state index < -0.39 is 24.9 Å². The zero-order valence-corrected chi connectivity index (χ0v) is 25.6. The van der Waals surface area contributed by atoms with Crippen LogP contribution in [0.4, 0.5) is 0 Å². The van der Waals surface area contributed by atoms with Crippen molar-refractivity contribution in [2.45, 2.75) is 0 Å². The Balaban J connectivity index is 1.30. The number of rotatable bonds is 3. The van der Waals surface area contributed by atoms with Gasteiger partial charge in [-0.3, -0.25) is 0 Å². The summed E-state index contributed by atoms with van der Waals surface area (Å²) in [5.74, 6) is 2.66. The average Bonchev–Trinajstić information content (AvgIpc) is 3.08. The van der Waals surface area contributed by atoms with E-state index in [1.54, 1.807) is 0 Å². The summed E-state index contributed by atoms with van der Waals surface area (Å²) in [6.07, 6.45) is 0. The quantitative estimate of drug-likeness (QED) is 0.187. The van der Waals surface area contributed by atoms with Gasteiger partial charge in [-0.25, -0.2) is 0 Å². The SMILES string of the molecule is c1ccc2c(c1)OP(N(P1Oc3ccccc3-c3ccccc31)P1Oc3ccccc3-c3ccccc31)c1ccccc1-2. The molecule has 3 unspecified atom stereocenters. The third-order valence-corrected chi connectivity index (χ3v) is 15.3. The summed E-state index contributed by atoms with van der Waals surface area (Å²) in [7, 11) is -4.11. The van der Waals surface area contributed by atoms with E-state index in [4.69, 9.17) is 13.6 Å². The van der Waals surface area contributed by atoms with Crippen molar-refractivity contribution in [1.82, 2.24) is 4.21 Å². The molecule has 3 aliphatic rings. The molecule has 206 valence electrons. The molecule has 7 heteroatoms. The second-order valence-electron chi connectivity index (χ2n) is 10.4. The van der Waals surface area contributed by atoms with Crippen LogP contribution in [0, 0.1) is 0 Å². The Morgan fingerprint density at radius 2 is 0.558 bits per heavy atom. The summed E-state index contributed by atoms with van der Waals surface area (Å²) < 4.78 is 23.8. The highest BCUT2D eigenvalue weighted by molar-refractivity contribution is 7.87. The highest BCUT2D eigenvalue weighted by atomic mass is 31.3. The topological polar surface area (TPSA) is 30.9 Å². The van der Waals surface area contributed by atoms with E-state index in [0.717, 1.165) is 33.9 Å². The zero-order chi connectivity index (χ0) is 28.3. The Hall–Kier alpha value is -4.03. The summed E-state index contributed by atoms with van der Waals surface area (Å²) in [6, 6.07) is 51.0. The number of hydrogen-bond donors (Lipinski definition) is 0. The van der Waals surface area contributed by atoms with Crippen LogP contribution in [-0.2, 0) is 0 Å². The van der Waals surface area contributed by atoms with Crippen LogP contribution in [0.25, 0.3) is 33.4 Å². The highest BCUT2D eigenvalue weighted by Crippen LogP contribution is 2.72. The van der Waals surface area contributed by atoms with E-state index in [-0.39, 0.29) is 0 Å². The summed E-state index contributed by atoms with van der Waals surface area (Å²) in [4.78, 5) is 0. The largest absolute Gasteiger partial charge is 0.452 e. The maximum Gasteiger partial charge on any atom is 0.210 e. The van der Waals surface area contributed by atoms with Crippen molar-refractivity contribution in [3.8, 4) is 50.6 Å². The van der Waals surface area contributed by atoms with Gasteiger partial charge in [-0.2, -0.15) is 0 Å². The smallest absolute Gasteiger partial charge is 0.210 e. The standard InChI is InChI=1S/C36H24NO3P3/c1-7-19-31-25(13-1)28-16-4-10-22-34(28)41(38-31)37(42-35-23-11-5-17-29(35)26-14-2-8-20-32(26)39-42)43-36-24-12-6-18-30(36)27-15-3-9-21-33(27)40-43/h1-24H. The lowest BCUT2D eigenvalue weighted by molar-refractivity contribution is 0.551. The molecule has 3 heterocycles. The normalized spacial score (nSPS) is 18.8. The highest BCUT2D eigenvalue weighted by Gasteiger charge is 2.48.